The molecular weight excluding hydrogens is 458 g/mol. The summed E-state index contributed by atoms with van der Waals surface area (Å²) in [5.74, 6) is 2.54. The van der Waals surface area contributed by atoms with Gasteiger partial charge in [0.25, 0.3) is 5.91 Å². The Morgan fingerprint density at radius 3 is 2.69 bits per heavy atom. The van der Waals surface area contributed by atoms with Crippen molar-refractivity contribution in [2.45, 2.75) is 12.8 Å². The van der Waals surface area contributed by atoms with Crippen molar-refractivity contribution in [1.82, 2.24) is 25.3 Å². The van der Waals surface area contributed by atoms with E-state index in [1.807, 2.05) is 38.4 Å². The minimum absolute atomic E-state index is 0.116. The zero-order valence-corrected chi connectivity index (χ0v) is 21.1. The van der Waals surface area contributed by atoms with Crippen LogP contribution >= 0.6 is 11.8 Å². The van der Waals surface area contributed by atoms with E-state index in [9.17, 15) is 4.79 Å². The monoisotopic (exact) mass is 487 g/mol. The number of hydrogen-bond acceptors (Lipinski definition) is 8. The third-order valence-corrected chi connectivity index (χ3v) is 6.62. The average Bonchev–Trinajstić information content (AvgIpc) is 2.90. The van der Waals surface area contributed by atoms with Crippen LogP contribution < -0.4 is 16.0 Å². The number of para-hydroxylation sites is 1. The van der Waals surface area contributed by atoms with E-state index in [-0.39, 0.29) is 11.8 Å². The number of hydrogen-bond donors (Lipinski definition) is 3. The van der Waals surface area contributed by atoms with Crippen LogP contribution in [0.15, 0.2) is 55.1 Å². The molecule has 4 aromatic rings. The molecule has 0 aliphatic heterocycles. The van der Waals surface area contributed by atoms with Crippen LogP contribution in [0.5, 0.6) is 0 Å². The van der Waals surface area contributed by atoms with E-state index in [4.69, 9.17) is 0 Å². The number of pyridine rings is 2. The SMILES string of the molecule is CNC(=O)c1ccnc2c(C(CNc3cc(-c4cnc(NC)c(C)c4)ncn3)CSC)cccc12. The zero-order chi connectivity index (χ0) is 24.8. The molecule has 0 aliphatic carbocycles. The summed E-state index contributed by atoms with van der Waals surface area (Å²) in [6, 6.07) is 11.8. The van der Waals surface area contributed by atoms with E-state index in [2.05, 4.69) is 54.3 Å². The second kappa shape index (κ2) is 11.1. The first-order valence-corrected chi connectivity index (χ1v) is 12.7. The molecule has 0 fully saturated rings. The summed E-state index contributed by atoms with van der Waals surface area (Å²) in [7, 11) is 3.50. The maximum Gasteiger partial charge on any atom is 0.251 e. The molecule has 1 aromatic carbocycles. The highest BCUT2D eigenvalue weighted by atomic mass is 32.2. The number of anilines is 2. The van der Waals surface area contributed by atoms with Crippen LogP contribution in [-0.4, -0.2) is 58.5 Å². The van der Waals surface area contributed by atoms with E-state index >= 15 is 0 Å². The van der Waals surface area contributed by atoms with Gasteiger partial charge in [-0.1, -0.05) is 18.2 Å². The second-order valence-corrected chi connectivity index (χ2v) is 9.05. The molecule has 1 unspecified atom stereocenters. The van der Waals surface area contributed by atoms with Gasteiger partial charge in [0.15, 0.2) is 0 Å². The minimum atomic E-state index is -0.116. The molecule has 1 atom stereocenters. The minimum Gasteiger partial charge on any atom is -0.373 e. The molecule has 180 valence electrons. The third kappa shape index (κ3) is 5.35. The molecule has 0 spiro atoms. The van der Waals surface area contributed by atoms with Gasteiger partial charge < -0.3 is 16.0 Å². The first-order chi connectivity index (χ1) is 17.0. The van der Waals surface area contributed by atoms with E-state index in [1.54, 1.807) is 37.4 Å². The molecule has 0 saturated heterocycles. The Kier molecular flexibility index (Phi) is 7.77. The number of fused-ring (bicyclic) bond motifs is 1. The Morgan fingerprint density at radius 2 is 1.94 bits per heavy atom. The number of benzene rings is 1. The summed E-state index contributed by atoms with van der Waals surface area (Å²) >= 11 is 1.77. The standard InChI is InChI=1S/C26H29N7OS/c1-16-10-17(12-31-25(16)27-2)22-11-23(33-15-32-22)30-13-18(14-35-4)19-6-5-7-20-21(26(34)28-3)8-9-29-24(19)20/h5-12,15,18H,13-14H2,1-4H3,(H,27,31)(H,28,34)(H,30,32,33). The van der Waals surface area contributed by atoms with E-state index in [1.165, 1.54) is 0 Å². The van der Waals surface area contributed by atoms with Gasteiger partial charge in [-0.25, -0.2) is 15.0 Å². The molecule has 9 heteroatoms. The number of nitrogens with zero attached hydrogens (tertiary/aromatic N) is 4. The number of thioether (sulfide) groups is 1. The summed E-state index contributed by atoms with van der Waals surface area (Å²) in [5.41, 5.74) is 5.38. The molecule has 3 aromatic heterocycles. The van der Waals surface area contributed by atoms with Crippen molar-refractivity contribution >= 4 is 40.2 Å². The van der Waals surface area contributed by atoms with E-state index < -0.39 is 0 Å². The first kappa shape index (κ1) is 24.4. The Balaban J connectivity index is 1.60. The molecule has 0 bridgehead atoms. The fourth-order valence-electron chi connectivity index (χ4n) is 4.14. The summed E-state index contributed by atoms with van der Waals surface area (Å²) in [6.45, 7) is 2.68. The lowest BCUT2D eigenvalue weighted by molar-refractivity contribution is 0.0964. The highest BCUT2D eigenvalue weighted by molar-refractivity contribution is 7.98. The lowest BCUT2D eigenvalue weighted by Gasteiger charge is -2.19. The predicted octanol–water partition coefficient (Wildman–Crippen LogP) is 4.36. The van der Waals surface area contributed by atoms with Crippen molar-refractivity contribution in [2.75, 3.05) is 43.3 Å². The molecule has 8 nitrogen and oxygen atoms in total. The maximum atomic E-state index is 12.4. The second-order valence-electron chi connectivity index (χ2n) is 8.14. The number of amides is 1. The number of carbonyl (C=O) groups excluding carboxylic acids is 1. The van der Waals surface area contributed by atoms with Gasteiger partial charge in [-0.15, -0.1) is 0 Å². The van der Waals surface area contributed by atoms with Crippen molar-refractivity contribution in [3.05, 3.63) is 71.8 Å². The molecule has 0 aliphatic rings. The van der Waals surface area contributed by atoms with Gasteiger partial charge in [0.05, 0.1) is 16.8 Å². The summed E-state index contributed by atoms with van der Waals surface area (Å²) in [4.78, 5) is 30.3. The van der Waals surface area contributed by atoms with Crippen LogP contribution in [0.25, 0.3) is 22.2 Å². The van der Waals surface area contributed by atoms with Gasteiger partial charge in [-0.05, 0) is 36.4 Å². The lowest BCUT2D eigenvalue weighted by atomic mass is 9.95. The van der Waals surface area contributed by atoms with Crippen molar-refractivity contribution in [1.29, 1.82) is 0 Å². The number of nitrogens with one attached hydrogen (secondary N) is 3. The summed E-state index contributed by atoms with van der Waals surface area (Å²) in [5, 5.41) is 10.1. The molecular formula is C26H29N7OS. The van der Waals surface area contributed by atoms with Crippen LogP contribution in [0.3, 0.4) is 0 Å². The zero-order valence-electron chi connectivity index (χ0n) is 20.3. The summed E-state index contributed by atoms with van der Waals surface area (Å²) < 4.78 is 0. The van der Waals surface area contributed by atoms with Gasteiger partial charge in [-0.3, -0.25) is 9.78 Å². The fourth-order valence-corrected chi connectivity index (χ4v) is 4.84. The van der Waals surface area contributed by atoms with Gasteiger partial charge in [0.2, 0.25) is 0 Å². The van der Waals surface area contributed by atoms with E-state index in [0.717, 1.165) is 50.7 Å². The average molecular weight is 488 g/mol. The summed E-state index contributed by atoms with van der Waals surface area (Å²) in [6.07, 6.45) is 7.17. The van der Waals surface area contributed by atoms with Crippen molar-refractivity contribution in [3.63, 3.8) is 0 Å². The first-order valence-electron chi connectivity index (χ1n) is 11.3. The van der Waals surface area contributed by atoms with Crippen LogP contribution in [0, 0.1) is 6.92 Å². The molecule has 0 saturated carbocycles. The van der Waals surface area contributed by atoms with Crippen molar-refractivity contribution < 1.29 is 4.79 Å². The van der Waals surface area contributed by atoms with Crippen LogP contribution in [-0.2, 0) is 0 Å². The van der Waals surface area contributed by atoms with Gasteiger partial charge in [-0.2, -0.15) is 11.8 Å². The Bertz CT molecular complexity index is 1340. The Morgan fingerprint density at radius 1 is 1.09 bits per heavy atom. The molecule has 3 N–H and O–H groups in total. The van der Waals surface area contributed by atoms with Crippen molar-refractivity contribution in [3.8, 4) is 11.3 Å². The van der Waals surface area contributed by atoms with Crippen LogP contribution in [0.2, 0.25) is 0 Å². The fraction of sp³-hybridized carbons (Fsp3) is 0.269. The van der Waals surface area contributed by atoms with Crippen molar-refractivity contribution in [2.24, 2.45) is 0 Å². The smallest absolute Gasteiger partial charge is 0.251 e. The molecule has 0 radical (unpaired) electrons. The predicted molar refractivity (Wildman–Crippen MR) is 144 cm³/mol. The van der Waals surface area contributed by atoms with Gasteiger partial charge in [0.1, 0.15) is 18.0 Å². The van der Waals surface area contributed by atoms with Crippen LogP contribution in [0.1, 0.15) is 27.4 Å². The largest absolute Gasteiger partial charge is 0.373 e. The van der Waals surface area contributed by atoms with E-state index in [0.29, 0.717) is 12.1 Å². The maximum absolute atomic E-state index is 12.4. The lowest BCUT2D eigenvalue weighted by Crippen LogP contribution is -2.19. The molecule has 4 rings (SSSR count). The number of rotatable bonds is 9. The Hall–Kier alpha value is -3.72. The molecule has 35 heavy (non-hydrogen) atoms. The number of aromatic nitrogens is 4. The van der Waals surface area contributed by atoms with Gasteiger partial charge in [0, 0.05) is 61.7 Å². The third-order valence-electron chi connectivity index (χ3n) is 5.89. The highest BCUT2D eigenvalue weighted by Gasteiger charge is 2.18. The number of carbonyl (C=O) groups is 1. The molecule has 3 heterocycles. The quantitative estimate of drug-likeness (QED) is 0.320. The number of aryl methyl sites for hydroxylation is 1. The van der Waals surface area contributed by atoms with Crippen LogP contribution in [0.4, 0.5) is 11.6 Å². The van der Waals surface area contributed by atoms with Gasteiger partial charge >= 0.3 is 0 Å². The normalized spacial score (nSPS) is 11.8. The molecule has 1 amide bonds. The topological polar surface area (TPSA) is 105 Å². The highest BCUT2D eigenvalue weighted by Crippen LogP contribution is 2.29. The Labute approximate surface area is 209 Å².